The van der Waals surface area contributed by atoms with Crippen LogP contribution in [0.1, 0.15) is 18.1 Å². The van der Waals surface area contributed by atoms with Gasteiger partial charge in [-0.1, -0.05) is 18.2 Å². The SMILES string of the molecule is COc1ccc(C(C)(N)Cc2cccc(F)c2)cc1F. The lowest BCUT2D eigenvalue weighted by Gasteiger charge is -2.26. The number of hydrogen-bond acceptors (Lipinski definition) is 2. The molecule has 2 N–H and O–H groups in total. The molecule has 2 nitrogen and oxygen atoms in total. The van der Waals surface area contributed by atoms with Crippen molar-refractivity contribution >= 4 is 0 Å². The third-order valence-corrected chi connectivity index (χ3v) is 3.27. The smallest absolute Gasteiger partial charge is 0.165 e. The first-order valence-corrected chi connectivity index (χ1v) is 6.30. The average molecular weight is 277 g/mol. The highest BCUT2D eigenvalue weighted by atomic mass is 19.1. The predicted octanol–water partition coefficient (Wildman–Crippen LogP) is 3.39. The zero-order valence-electron chi connectivity index (χ0n) is 11.5. The van der Waals surface area contributed by atoms with Crippen molar-refractivity contribution in [2.75, 3.05) is 7.11 Å². The quantitative estimate of drug-likeness (QED) is 0.929. The van der Waals surface area contributed by atoms with Crippen LogP contribution in [0.25, 0.3) is 0 Å². The van der Waals surface area contributed by atoms with Crippen LogP contribution < -0.4 is 10.5 Å². The fourth-order valence-corrected chi connectivity index (χ4v) is 2.19. The minimum atomic E-state index is -0.791. The highest BCUT2D eigenvalue weighted by Crippen LogP contribution is 2.27. The standard InChI is InChI=1S/C16H17F2NO/c1-16(19,10-11-4-3-5-13(17)8-11)12-6-7-15(20-2)14(18)9-12/h3-9H,10,19H2,1-2H3. The maximum atomic E-state index is 13.7. The van der Waals surface area contributed by atoms with Crippen molar-refractivity contribution in [2.24, 2.45) is 5.73 Å². The van der Waals surface area contributed by atoms with E-state index in [4.69, 9.17) is 10.5 Å². The Kier molecular flexibility index (Phi) is 4.04. The van der Waals surface area contributed by atoms with Gasteiger partial charge in [-0.2, -0.15) is 0 Å². The lowest BCUT2D eigenvalue weighted by atomic mass is 9.86. The first-order chi connectivity index (χ1) is 9.42. The Balaban J connectivity index is 2.28. The van der Waals surface area contributed by atoms with Gasteiger partial charge < -0.3 is 10.5 Å². The second-order valence-corrected chi connectivity index (χ2v) is 5.07. The van der Waals surface area contributed by atoms with Crippen LogP contribution in [-0.4, -0.2) is 7.11 Å². The molecular weight excluding hydrogens is 260 g/mol. The first-order valence-electron chi connectivity index (χ1n) is 6.30. The lowest BCUT2D eigenvalue weighted by Crippen LogP contribution is -2.35. The number of rotatable bonds is 4. The van der Waals surface area contributed by atoms with Crippen molar-refractivity contribution < 1.29 is 13.5 Å². The summed E-state index contributed by atoms with van der Waals surface area (Å²) in [5, 5.41) is 0. The Bertz CT molecular complexity index is 611. The fraction of sp³-hybridized carbons (Fsp3) is 0.250. The fourth-order valence-electron chi connectivity index (χ4n) is 2.19. The summed E-state index contributed by atoms with van der Waals surface area (Å²) in [6.07, 6.45) is 0.413. The van der Waals surface area contributed by atoms with E-state index in [1.807, 2.05) is 0 Å². The summed E-state index contributed by atoms with van der Waals surface area (Å²) in [7, 11) is 1.41. The van der Waals surface area contributed by atoms with Crippen LogP contribution in [0.3, 0.4) is 0 Å². The largest absolute Gasteiger partial charge is 0.494 e. The zero-order valence-corrected chi connectivity index (χ0v) is 11.5. The van der Waals surface area contributed by atoms with Gasteiger partial charge in [0.25, 0.3) is 0 Å². The number of hydrogen-bond donors (Lipinski definition) is 1. The summed E-state index contributed by atoms with van der Waals surface area (Å²) in [5.41, 5.74) is 6.87. The van der Waals surface area contributed by atoms with Crippen LogP contribution in [0.4, 0.5) is 8.78 Å². The number of benzene rings is 2. The van der Waals surface area contributed by atoms with Crippen LogP contribution in [0, 0.1) is 11.6 Å². The van der Waals surface area contributed by atoms with Gasteiger partial charge in [0.2, 0.25) is 0 Å². The van der Waals surface area contributed by atoms with Gasteiger partial charge in [-0.05, 0) is 48.7 Å². The van der Waals surface area contributed by atoms with Crippen LogP contribution in [0.15, 0.2) is 42.5 Å². The molecule has 0 aliphatic carbocycles. The summed E-state index contributed by atoms with van der Waals surface area (Å²) in [4.78, 5) is 0. The highest BCUT2D eigenvalue weighted by Gasteiger charge is 2.23. The molecule has 2 aromatic rings. The van der Waals surface area contributed by atoms with E-state index >= 15 is 0 Å². The zero-order chi connectivity index (χ0) is 14.8. The van der Waals surface area contributed by atoms with Crippen molar-refractivity contribution in [3.8, 4) is 5.75 Å². The molecule has 0 amide bonds. The molecule has 0 radical (unpaired) electrons. The molecule has 0 heterocycles. The van der Waals surface area contributed by atoms with E-state index in [1.165, 1.54) is 25.3 Å². The van der Waals surface area contributed by atoms with Crippen LogP contribution in [-0.2, 0) is 12.0 Å². The number of nitrogens with two attached hydrogens (primary N) is 1. The molecule has 20 heavy (non-hydrogen) atoms. The maximum absolute atomic E-state index is 13.7. The summed E-state index contributed by atoms with van der Waals surface area (Å²) in [5.74, 6) is -0.588. The van der Waals surface area contributed by atoms with Crippen molar-refractivity contribution in [3.05, 3.63) is 65.2 Å². The Morgan fingerprint density at radius 2 is 1.90 bits per heavy atom. The van der Waals surface area contributed by atoms with Gasteiger partial charge >= 0.3 is 0 Å². The van der Waals surface area contributed by atoms with Gasteiger partial charge in [-0.25, -0.2) is 8.78 Å². The van der Waals surface area contributed by atoms with E-state index in [1.54, 1.807) is 31.2 Å². The van der Waals surface area contributed by atoms with E-state index in [-0.39, 0.29) is 11.6 Å². The molecule has 0 aromatic heterocycles. The van der Waals surface area contributed by atoms with E-state index in [0.29, 0.717) is 12.0 Å². The van der Waals surface area contributed by atoms with Gasteiger partial charge in [-0.15, -0.1) is 0 Å². The molecule has 0 aliphatic rings. The Labute approximate surface area is 117 Å². The summed E-state index contributed by atoms with van der Waals surface area (Å²) >= 11 is 0. The second kappa shape index (κ2) is 5.59. The van der Waals surface area contributed by atoms with Crippen LogP contribution in [0.5, 0.6) is 5.75 Å². The monoisotopic (exact) mass is 277 g/mol. The van der Waals surface area contributed by atoms with Gasteiger partial charge in [0.1, 0.15) is 5.82 Å². The minimum absolute atomic E-state index is 0.176. The summed E-state index contributed by atoms with van der Waals surface area (Å²) < 4.78 is 31.8. The normalized spacial score (nSPS) is 13.8. The lowest BCUT2D eigenvalue weighted by molar-refractivity contribution is 0.384. The van der Waals surface area contributed by atoms with E-state index in [2.05, 4.69) is 0 Å². The average Bonchev–Trinajstić information content (AvgIpc) is 2.38. The molecule has 106 valence electrons. The molecule has 0 bridgehead atoms. The van der Waals surface area contributed by atoms with Crippen LogP contribution >= 0.6 is 0 Å². The molecule has 1 atom stereocenters. The van der Waals surface area contributed by atoms with Crippen molar-refractivity contribution in [3.63, 3.8) is 0 Å². The third kappa shape index (κ3) is 3.14. The molecule has 0 aliphatic heterocycles. The molecule has 4 heteroatoms. The highest BCUT2D eigenvalue weighted by molar-refractivity contribution is 5.34. The predicted molar refractivity (Wildman–Crippen MR) is 74.6 cm³/mol. The number of methoxy groups -OCH3 is 1. The van der Waals surface area contributed by atoms with Crippen molar-refractivity contribution in [1.82, 2.24) is 0 Å². The van der Waals surface area contributed by atoms with E-state index < -0.39 is 11.4 Å². The van der Waals surface area contributed by atoms with Gasteiger partial charge in [0.05, 0.1) is 7.11 Å². The Morgan fingerprint density at radius 3 is 2.50 bits per heavy atom. The molecule has 2 rings (SSSR count). The van der Waals surface area contributed by atoms with Gasteiger partial charge in [0, 0.05) is 5.54 Å². The molecular formula is C16H17F2NO. The molecule has 0 fully saturated rings. The molecule has 0 spiro atoms. The van der Waals surface area contributed by atoms with Crippen LogP contribution in [0.2, 0.25) is 0 Å². The molecule has 0 saturated heterocycles. The Hall–Kier alpha value is -1.94. The third-order valence-electron chi connectivity index (χ3n) is 3.27. The van der Waals surface area contributed by atoms with E-state index in [0.717, 1.165) is 5.56 Å². The summed E-state index contributed by atoms with van der Waals surface area (Å²) in [6.45, 7) is 1.79. The van der Waals surface area contributed by atoms with Crippen molar-refractivity contribution in [1.29, 1.82) is 0 Å². The minimum Gasteiger partial charge on any atom is -0.494 e. The topological polar surface area (TPSA) is 35.2 Å². The Morgan fingerprint density at radius 1 is 1.15 bits per heavy atom. The summed E-state index contributed by atoms with van der Waals surface area (Å²) in [6, 6.07) is 10.9. The second-order valence-electron chi connectivity index (χ2n) is 5.07. The van der Waals surface area contributed by atoms with Gasteiger partial charge in [-0.3, -0.25) is 0 Å². The molecule has 0 saturated carbocycles. The molecule has 2 aromatic carbocycles. The van der Waals surface area contributed by atoms with Crippen molar-refractivity contribution in [2.45, 2.75) is 18.9 Å². The van der Waals surface area contributed by atoms with Gasteiger partial charge in [0.15, 0.2) is 11.6 Å². The van der Waals surface area contributed by atoms with E-state index in [9.17, 15) is 8.78 Å². The molecule has 1 unspecified atom stereocenters. The number of ether oxygens (including phenoxy) is 1. The first kappa shape index (κ1) is 14.5. The number of halogens is 2. The maximum Gasteiger partial charge on any atom is 0.165 e.